The van der Waals surface area contributed by atoms with E-state index in [1.807, 2.05) is 60.7 Å². The normalized spacial score (nSPS) is 23.1. The fourth-order valence-electron chi connectivity index (χ4n) is 3.50. The molecule has 2 N–H and O–H groups in total. The van der Waals surface area contributed by atoms with Crippen molar-refractivity contribution >= 4 is 17.6 Å². The minimum atomic E-state index is -1.40. The Morgan fingerprint density at radius 3 is 2.29 bits per heavy atom. The number of ether oxygens (including phenoxy) is 2. The lowest BCUT2D eigenvalue weighted by Gasteiger charge is -2.21. The fourth-order valence-corrected chi connectivity index (χ4v) is 5.02. The number of nitrogen functional groups attached to an aromatic ring is 1. The molecule has 0 radical (unpaired) electrons. The third kappa shape index (κ3) is 5.33. The van der Waals surface area contributed by atoms with E-state index in [-0.39, 0.29) is 17.7 Å². The molecule has 0 amide bonds. The number of nitrogens with zero attached hydrogens (tertiary/aromatic N) is 2. The fraction of sp³-hybridized carbons (Fsp3) is 0.304. The van der Waals surface area contributed by atoms with Gasteiger partial charge in [0.05, 0.1) is 25.1 Å². The highest BCUT2D eigenvalue weighted by Crippen LogP contribution is 2.45. The van der Waals surface area contributed by atoms with Gasteiger partial charge in [-0.05, 0) is 17.2 Å². The molecule has 6 nitrogen and oxygen atoms in total. The highest BCUT2D eigenvalue weighted by molar-refractivity contribution is 8.00. The first-order valence-corrected chi connectivity index (χ1v) is 11.0. The molecule has 162 valence electrons. The molecule has 8 heteroatoms. The summed E-state index contributed by atoms with van der Waals surface area (Å²) in [6, 6.07) is 20.9. The molecule has 2 unspecified atom stereocenters. The molecule has 1 fully saturated rings. The number of nitrogens with two attached hydrogens (primary N) is 1. The Labute approximate surface area is 184 Å². The summed E-state index contributed by atoms with van der Waals surface area (Å²) in [5.74, 6) is 0.110. The van der Waals surface area contributed by atoms with Crippen molar-refractivity contribution in [1.29, 1.82) is 0 Å². The number of rotatable bonds is 8. The molecule has 1 aliphatic rings. The second kappa shape index (κ2) is 10.1. The first kappa shape index (κ1) is 21.5. The molecular weight excluding hydrogens is 417 g/mol. The molecule has 31 heavy (non-hydrogen) atoms. The van der Waals surface area contributed by atoms with Crippen molar-refractivity contribution < 1.29 is 13.9 Å². The largest absolute Gasteiger partial charge is 0.383 e. The molecule has 4 rings (SSSR count). The smallest absolute Gasteiger partial charge is 0.350 e. The maximum atomic E-state index is 15.5. The van der Waals surface area contributed by atoms with Gasteiger partial charge < -0.3 is 15.2 Å². The molecule has 0 spiro atoms. The maximum absolute atomic E-state index is 15.5. The lowest BCUT2D eigenvalue weighted by Crippen LogP contribution is -2.35. The first-order chi connectivity index (χ1) is 15.1. The van der Waals surface area contributed by atoms with Gasteiger partial charge in [-0.25, -0.2) is 9.18 Å². The van der Waals surface area contributed by atoms with E-state index < -0.39 is 23.3 Å². The van der Waals surface area contributed by atoms with Gasteiger partial charge >= 0.3 is 5.69 Å². The first-order valence-electron chi connectivity index (χ1n) is 10.0. The van der Waals surface area contributed by atoms with Gasteiger partial charge in [0.2, 0.25) is 0 Å². The number of hydrogen-bond acceptors (Lipinski definition) is 6. The van der Waals surface area contributed by atoms with Crippen molar-refractivity contribution in [1.82, 2.24) is 9.55 Å². The third-order valence-electron chi connectivity index (χ3n) is 5.07. The monoisotopic (exact) mass is 441 g/mol. The van der Waals surface area contributed by atoms with Gasteiger partial charge in [-0.2, -0.15) is 4.98 Å². The van der Waals surface area contributed by atoms with E-state index in [0.717, 1.165) is 11.1 Å². The van der Waals surface area contributed by atoms with E-state index in [0.29, 0.717) is 13.2 Å². The molecule has 1 aliphatic heterocycles. The molecule has 0 bridgehead atoms. The number of hydrogen-bond donors (Lipinski definition) is 1. The second-order valence-corrected chi connectivity index (χ2v) is 8.67. The Hall–Kier alpha value is -2.68. The summed E-state index contributed by atoms with van der Waals surface area (Å²) in [6.45, 7) is 1.00. The van der Waals surface area contributed by atoms with Crippen LogP contribution >= 0.6 is 11.8 Å². The quantitative estimate of drug-likeness (QED) is 0.576. The summed E-state index contributed by atoms with van der Waals surface area (Å²) >= 11 is 1.33. The maximum Gasteiger partial charge on any atom is 0.350 e. The number of aromatic nitrogens is 2. The zero-order chi connectivity index (χ0) is 21.6. The van der Waals surface area contributed by atoms with Crippen LogP contribution in [0.15, 0.2) is 77.7 Å². The summed E-state index contributed by atoms with van der Waals surface area (Å²) in [4.78, 5) is 16.0. The predicted molar refractivity (Wildman–Crippen MR) is 119 cm³/mol. The van der Waals surface area contributed by atoms with Crippen molar-refractivity contribution in [2.75, 3.05) is 12.3 Å². The zero-order valence-electron chi connectivity index (χ0n) is 16.8. The highest BCUT2D eigenvalue weighted by Gasteiger charge is 2.47. The standard InChI is InChI=1S/C23H24FN3O3S/c24-20-21(30-14-17-9-5-2-6-10-17)18(15-29-13-16-7-3-1-4-8-16)31-22(20)27-12-11-19(25)26-23(27)28/h1-12,18,20-22H,13-15H2,(H2,25,26,28)/t18?,20-,21+,22?/m0/s1. The van der Waals surface area contributed by atoms with Crippen molar-refractivity contribution in [3.05, 3.63) is 94.5 Å². The highest BCUT2D eigenvalue weighted by atomic mass is 32.2. The Morgan fingerprint density at radius 1 is 1.00 bits per heavy atom. The van der Waals surface area contributed by atoms with E-state index in [2.05, 4.69) is 4.98 Å². The van der Waals surface area contributed by atoms with Gasteiger partial charge in [-0.15, -0.1) is 11.8 Å². The van der Waals surface area contributed by atoms with Crippen LogP contribution in [0.2, 0.25) is 0 Å². The average molecular weight is 442 g/mol. The lowest BCUT2D eigenvalue weighted by atomic mass is 10.1. The van der Waals surface area contributed by atoms with Gasteiger partial charge in [-0.1, -0.05) is 60.7 Å². The Kier molecular flexibility index (Phi) is 7.01. The van der Waals surface area contributed by atoms with Crippen LogP contribution in [0.25, 0.3) is 0 Å². The SMILES string of the molecule is Nc1ccn(C2SC(COCc3ccccc3)[C@@H](OCc3ccccc3)[C@@H]2F)c(=O)n1. The third-order valence-corrected chi connectivity index (χ3v) is 6.59. The minimum absolute atomic E-state index is 0.110. The molecule has 1 saturated heterocycles. The lowest BCUT2D eigenvalue weighted by molar-refractivity contribution is -0.0262. The van der Waals surface area contributed by atoms with Gasteiger partial charge in [-0.3, -0.25) is 4.57 Å². The summed E-state index contributed by atoms with van der Waals surface area (Å²) in [5.41, 5.74) is 7.00. The summed E-state index contributed by atoms with van der Waals surface area (Å²) in [5, 5.41) is -1.04. The summed E-state index contributed by atoms with van der Waals surface area (Å²) in [6.07, 6.45) is -0.645. The van der Waals surface area contributed by atoms with Crippen molar-refractivity contribution in [3.8, 4) is 0 Å². The van der Waals surface area contributed by atoms with E-state index in [4.69, 9.17) is 15.2 Å². The minimum Gasteiger partial charge on any atom is -0.383 e. The van der Waals surface area contributed by atoms with Crippen LogP contribution in [-0.4, -0.2) is 33.7 Å². The average Bonchev–Trinajstić information content (AvgIpc) is 3.09. The van der Waals surface area contributed by atoms with Crippen LogP contribution in [0.5, 0.6) is 0 Å². The van der Waals surface area contributed by atoms with Crippen molar-refractivity contribution in [2.24, 2.45) is 0 Å². The van der Waals surface area contributed by atoms with Crippen LogP contribution in [0.4, 0.5) is 10.2 Å². The Bertz CT molecular complexity index is 1030. The van der Waals surface area contributed by atoms with E-state index in [1.54, 1.807) is 0 Å². The van der Waals surface area contributed by atoms with Gasteiger partial charge in [0.25, 0.3) is 0 Å². The molecule has 0 saturated carbocycles. The molecular formula is C23H24FN3O3S. The topological polar surface area (TPSA) is 79.4 Å². The molecule has 1 aromatic heterocycles. The summed E-state index contributed by atoms with van der Waals surface area (Å²) < 4.78 is 28.7. The van der Waals surface area contributed by atoms with Crippen LogP contribution in [0, 0.1) is 0 Å². The number of anilines is 1. The van der Waals surface area contributed by atoms with Crippen molar-refractivity contribution in [3.63, 3.8) is 0 Å². The zero-order valence-corrected chi connectivity index (χ0v) is 17.7. The van der Waals surface area contributed by atoms with E-state index in [1.165, 1.54) is 28.6 Å². The van der Waals surface area contributed by atoms with Crippen LogP contribution in [0.3, 0.4) is 0 Å². The Morgan fingerprint density at radius 2 is 1.65 bits per heavy atom. The number of benzene rings is 2. The molecule has 2 heterocycles. The van der Waals surface area contributed by atoms with Crippen LogP contribution in [0.1, 0.15) is 16.5 Å². The van der Waals surface area contributed by atoms with Gasteiger partial charge in [0, 0.05) is 6.20 Å². The number of thioether (sulfide) groups is 1. The van der Waals surface area contributed by atoms with E-state index in [9.17, 15) is 4.79 Å². The van der Waals surface area contributed by atoms with Gasteiger partial charge in [0.1, 0.15) is 17.3 Å². The molecule has 2 aromatic carbocycles. The van der Waals surface area contributed by atoms with Crippen LogP contribution in [-0.2, 0) is 22.7 Å². The summed E-state index contributed by atoms with van der Waals surface area (Å²) in [7, 11) is 0. The Balaban J connectivity index is 1.48. The van der Waals surface area contributed by atoms with Crippen LogP contribution < -0.4 is 11.4 Å². The predicted octanol–water partition coefficient (Wildman–Crippen LogP) is 3.58. The molecule has 0 aliphatic carbocycles. The molecule has 4 atom stereocenters. The van der Waals surface area contributed by atoms with Crippen molar-refractivity contribution in [2.45, 2.75) is 36.1 Å². The van der Waals surface area contributed by atoms with E-state index >= 15 is 4.39 Å². The number of halogens is 1. The second-order valence-electron chi connectivity index (χ2n) is 7.31. The molecule has 3 aromatic rings. The number of alkyl halides is 1. The van der Waals surface area contributed by atoms with Gasteiger partial charge in [0.15, 0.2) is 6.17 Å².